The van der Waals surface area contributed by atoms with Gasteiger partial charge in [-0.2, -0.15) is 5.26 Å². The van der Waals surface area contributed by atoms with Crippen molar-refractivity contribution < 1.29 is 0 Å². The normalized spacial score (nSPS) is 12.4. The maximum Gasteiger partial charge on any atom is 0.0991 e. The van der Waals surface area contributed by atoms with Gasteiger partial charge < -0.3 is 23.0 Å². The Bertz CT molecular complexity index is 9010. The number of aromatic nitrogens is 3. The Hall–Kier alpha value is -15.0. The highest BCUT2D eigenvalue weighted by atomic mass is 35.5. The second kappa shape index (κ2) is 32.9. The molecule has 0 spiro atoms. The van der Waals surface area contributed by atoms with Gasteiger partial charge in [-0.25, -0.2) is 0 Å². The highest BCUT2D eigenvalue weighted by Crippen LogP contribution is 2.51. The zero-order valence-electron chi connectivity index (χ0n) is 81.0. The average Bonchev–Trinajstić information content (AvgIpc) is 1.54. The van der Waals surface area contributed by atoms with Gasteiger partial charge in [0.1, 0.15) is 0 Å². The molecule has 0 aliphatic rings. The van der Waals surface area contributed by atoms with Gasteiger partial charge in [0.2, 0.25) is 0 Å². The molecule has 6 nitrogen and oxygen atoms in total. The number of para-hydroxylation sites is 2. The molecule has 0 unspecified atom stereocenters. The van der Waals surface area contributed by atoms with Crippen molar-refractivity contribution in [1.82, 2.24) is 13.2 Å². The van der Waals surface area contributed by atoms with E-state index in [-0.39, 0.29) is 0 Å². The SMILES string of the molecule is CC(C)c1ccc2cc3c(cc2c1)c1cc(-c2ccc(N(c4ccccc4)c4ccccc4)cc2)cc2c4cc5cc(C(C)C)ccc5cc4n3c12.CC(C)c1ccc2cc3c(cc2c1)c1cc(Cl)cc2c4cc5cc(C(C)C)ccc5cc4n3c12.CC(C)c1ccc2cc3c(cc2c1)c1cc(N(c2ccc(C#N)cc2)c2ccc([Si](C)(C)C)cc2)cc2c4cc5cc(C(C)C)ccc5cc4n3c12. The van der Waals surface area contributed by atoms with E-state index in [0.29, 0.717) is 41.1 Å². The van der Waals surface area contributed by atoms with Gasteiger partial charge >= 0.3 is 0 Å². The Kier molecular flexibility index (Phi) is 20.5. The number of hydrogen-bond acceptors (Lipinski definition) is 3. The third-order valence-corrected chi connectivity index (χ3v) is 32.3. The minimum Gasteiger partial charge on any atom is -0.311 e. The first-order chi connectivity index (χ1) is 66.8. The molecule has 0 radical (unpaired) electrons. The molecule has 670 valence electrons. The number of nitrogens with zero attached hydrogens (tertiary/aromatic N) is 6. The van der Waals surface area contributed by atoms with Crippen LogP contribution in [0.4, 0.5) is 34.1 Å². The number of halogens is 1. The molecule has 20 aromatic carbocycles. The van der Waals surface area contributed by atoms with Crippen molar-refractivity contribution in [2.45, 2.75) is 138 Å². The third-order valence-electron chi connectivity index (χ3n) is 30.0. The van der Waals surface area contributed by atoms with Gasteiger partial charge in [-0.3, -0.25) is 0 Å². The molecular formula is C130H109ClN6Si. The summed E-state index contributed by atoms with van der Waals surface area (Å²) in [5, 5.41) is 42.5. The molecule has 0 bridgehead atoms. The summed E-state index contributed by atoms with van der Waals surface area (Å²) in [6.07, 6.45) is 0. The highest BCUT2D eigenvalue weighted by molar-refractivity contribution is 6.88. The first-order valence-electron chi connectivity index (χ1n) is 49.3. The van der Waals surface area contributed by atoms with Crippen molar-refractivity contribution in [2.24, 2.45) is 0 Å². The quantitative estimate of drug-likeness (QED) is 0.102. The molecule has 0 aliphatic heterocycles. The summed E-state index contributed by atoms with van der Waals surface area (Å²) in [4.78, 5) is 4.69. The lowest BCUT2D eigenvalue weighted by molar-refractivity contribution is 0.869. The maximum atomic E-state index is 9.65. The minimum absolute atomic E-state index is 0.461. The van der Waals surface area contributed by atoms with E-state index in [1.54, 1.807) is 0 Å². The lowest BCUT2D eigenvalue weighted by atomic mass is 9.95. The fourth-order valence-corrected chi connectivity index (χ4v) is 23.6. The van der Waals surface area contributed by atoms with Crippen molar-refractivity contribution in [3.63, 3.8) is 0 Å². The fraction of sp³-hybridized carbons (Fsp3) is 0.162. The topological polar surface area (TPSA) is 43.5 Å². The predicted octanol–water partition coefficient (Wildman–Crippen LogP) is 37.8. The first-order valence-corrected chi connectivity index (χ1v) is 53.2. The van der Waals surface area contributed by atoms with E-state index in [4.69, 9.17) is 11.6 Å². The van der Waals surface area contributed by atoms with Crippen LogP contribution in [0.5, 0.6) is 0 Å². The highest BCUT2D eigenvalue weighted by Gasteiger charge is 2.29. The van der Waals surface area contributed by atoms with Crippen molar-refractivity contribution >= 4 is 238 Å². The zero-order valence-corrected chi connectivity index (χ0v) is 82.8. The van der Waals surface area contributed by atoms with Crippen LogP contribution in [0.2, 0.25) is 24.7 Å². The molecule has 0 saturated heterocycles. The molecular weight excluding hydrogens is 1710 g/mol. The van der Waals surface area contributed by atoms with Crippen LogP contribution in [0.15, 0.2) is 352 Å². The molecule has 0 aliphatic carbocycles. The molecule has 6 heterocycles. The Labute approximate surface area is 811 Å². The number of benzene rings is 20. The number of fused-ring (bicyclic) bond motifs is 24. The number of rotatable bonds is 14. The van der Waals surface area contributed by atoms with E-state index in [1.807, 2.05) is 12.1 Å². The van der Waals surface area contributed by atoms with Crippen LogP contribution >= 0.6 is 11.6 Å². The molecule has 26 aromatic rings. The van der Waals surface area contributed by atoms with Crippen molar-refractivity contribution in [1.29, 1.82) is 5.26 Å². The summed E-state index contributed by atoms with van der Waals surface area (Å²) in [5.74, 6) is 2.91. The predicted molar refractivity (Wildman–Crippen MR) is 600 cm³/mol. The minimum atomic E-state index is -1.49. The summed E-state index contributed by atoms with van der Waals surface area (Å²) in [6.45, 7) is 34.4. The van der Waals surface area contributed by atoms with Crippen LogP contribution in [0.25, 0.3) is 190 Å². The van der Waals surface area contributed by atoms with E-state index < -0.39 is 8.07 Å². The molecule has 0 atom stereocenters. The third kappa shape index (κ3) is 14.3. The van der Waals surface area contributed by atoms with Crippen LogP contribution in [0.1, 0.15) is 158 Å². The Morgan fingerprint density at radius 1 is 0.232 bits per heavy atom. The molecule has 6 aromatic heterocycles. The second-order valence-electron chi connectivity index (χ2n) is 41.8. The van der Waals surface area contributed by atoms with Gasteiger partial charge in [0.25, 0.3) is 0 Å². The summed E-state index contributed by atoms with van der Waals surface area (Å²) < 4.78 is 7.50. The van der Waals surface area contributed by atoms with Gasteiger partial charge in [-0.15, -0.1) is 0 Å². The van der Waals surface area contributed by atoms with Crippen LogP contribution < -0.4 is 15.0 Å². The smallest absolute Gasteiger partial charge is 0.0991 e. The average molecular weight is 1820 g/mol. The molecule has 0 N–H and O–H groups in total. The first kappa shape index (κ1) is 85.8. The molecule has 0 fully saturated rings. The van der Waals surface area contributed by atoms with Crippen LogP contribution in [-0.2, 0) is 0 Å². The van der Waals surface area contributed by atoms with E-state index in [0.717, 1.165) is 39.1 Å². The standard InChI is InChI=1S/C50H40N2.C48H43N3Si.C32H26ClN/c1-31(2)34-15-17-36-29-48-44(25-38(36)23-34)46-27-40(28-47-45-26-39-24-35(32(3)4)16-18-37(39)30-49(45)52(48)50(46)47)33-19-21-43(22-20-33)51(41-11-7-5-8-12-41)42-13-9-6-10-14-42;1-29(2)32-10-12-34-24-46-42(22-36(34)20-32)44-26-40(50(38-14-8-31(28-49)9-15-38)39-16-18-41(19-17-39)52(5,6)7)27-45-43-23-37-21-33(30(3)4)11-13-35(37)25-47(43)51(46)48(44)45;1-17(2)19-5-7-21-13-30-26(11-23(21)9-19)28-15-25(33)16-29-27-12-24-10-20(18(3)4)6-8-22(24)14-31(27)34(30)32(28)29/h5-32H,1-4H3;8-27,29-30H,1-7H3;5-18H,1-4H3. The zero-order chi connectivity index (χ0) is 94.4. The van der Waals surface area contributed by atoms with Gasteiger partial charge in [-0.1, -0.05) is 289 Å². The Balaban J connectivity index is 0.000000115. The molecule has 138 heavy (non-hydrogen) atoms. The van der Waals surface area contributed by atoms with E-state index in [2.05, 4.69) is 472 Å². The largest absolute Gasteiger partial charge is 0.311 e. The molecule has 0 saturated carbocycles. The summed E-state index contributed by atoms with van der Waals surface area (Å²) in [5.41, 5.74) is 29.3. The second-order valence-corrected chi connectivity index (χ2v) is 47.3. The van der Waals surface area contributed by atoms with E-state index >= 15 is 0 Å². The molecule has 26 rings (SSSR count). The summed E-state index contributed by atoms with van der Waals surface area (Å²) in [7, 11) is -1.49. The van der Waals surface area contributed by atoms with Crippen LogP contribution in [0.3, 0.4) is 0 Å². The lowest BCUT2D eigenvalue weighted by Crippen LogP contribution is -2.37. The van der Waals surface area contributed by atoms with Crippen molar-refractivity contribution in [3.8, 4) is 17.2 Å². The Morgan fingerprint density at radius 3 is 0.746 bits per heavy atom. The Morgan fingerprint density at radius 2 is 0.478 bits per heavy atom. The van der Waals surface area contributed by atoms with Crippen LogP contribution in [0, 0.1) is 11.3 Å². The lowest BCUT2D eigenvalue weighted by Gasteiger charge is -2.27. The molecule has 8 heteroatoms. The van der Waals surface area contributed by atoms with Crippen LogP contribution in [-0.4, -0.2) is 21.3 Å². The van der Waals surface area contributed by atoms with Gasteiger partial charge in [0.05, 0.1) is 69.4 Å². The van der Waals surface area contributed by atoms with Crippen molar-refractivity contribution in [3.05, 3.63) is 396 Å². The summed E-state index contributed by atoms with van der Waals surface area (Å²) in [6, 6.07) is 134. The number of nitriles is 1. The van der Waals surface area contributed by atoms with E-state index in [9.17, 15) is 5.26 Å². The number of hydrogen-bond donors (Lipinski definition) is 0. The maximum absolute atomic E-state index is 9.65. The fourth-order valence-electron chi connectivity index (χ4n) is 22.2. The van der Waals surface area contributed by atoms with E-state index in [1.165, 1.54) is 229 Å². The monoisotopic (exact) mass is 1820 g/mol. The van der Waals surface area contributed by atoms with Crippen molar-refractivity contribution in [2.75, 3.05) is 9.80 Å². The van der Waals surface area contributed by atoms with Gasteiger partial charge in [0.15, 0.2) is 0 Å². The van der Waals surface area contributed by atoms with Gasteiger partial charge in [-0.05, 0) is 327 Å². The van der Waals surface area contributed by atoms with Gasteiger partial charge in [0, 0.05) is 104 Å². The summed E-state index contributed by atoms with van der Waals surface area (Å²) >= 11 is 6.71. The molecule has 0 amide bonds. The number of anilines is 6.